The van der Waals surface area contributed by atoms with Crippen molar-refractivity contribution in [2.45, 2.75) is 12.7 Å². The molecule has 0 aliphatic carbocycles. The summed E-state index contributed by atoms with van der Waals surface area (Å²) in [5, 5.41) is 10.6. The van der Waals surface area contributed by atoms with E-state index in [0.717, 1.165) is 0 Å². The van der Waals surface area contributed by atoms with E-state index in [0.29, 0.717) is 16.9 Å². The second-order valence-corrected chi connectivity index (χ2v) is 7.30. The zero-order chi connectivity index (χ0) is 18.9. The van der Waals surface area contributed by atoms with Crippen LogP contribution in [0.3, 0.4) is 0 Å². The zero-order valence-corrected chi connectivity index (χ0v) is 14.4. The Morgan fingerprint density at radius 1 is 1.23 bits per heavy atom. The van der Waals surface area contributed by atoms with Crippen LogP contribution in [0.1, 0.15) is 21.9 Å². The van der Waals surface area contributed by atoms with Crippen LogP contribution >= 0.6 is 0 Å². The van der Waals surface area contributed by atoms with Crippen molar-refractivity contribution in [3.05, 3.63) is 75.9 Å². The Morgan fingerprint density at radius 2 is 1.92 bits per heavy atom. The number of pyridine rings is 1. The van der Waals surface area contributed by atoms with E-state index in [1.54, 1.807) is 35.7 Å². The number of hydrogen-bond acceptors (Lipinski definition) is 6. The minimum atomic E-state index is -3.99. The summed E-state index contributed by atoms with van der Waals surface area (Å²) in [4.78, 5) is 26.5. The fourth-order valence-corrected chi connectivity index (χ4v) is 3.60. The normalized spacial score (nSPS) is 11.4. The summed E-state index contributed by atoms with van der Waals surface area (Å²) in [6.07, 6.45) is 1.72. The fraction of sp³-hybridized carbons (Fsp3) is 0.125. The molecule has 2 aromatic heterocycles. The number of nitrogens with one attached hydrogen (secondary N) is 1. The molecule has 10 heteroatoms. The van der Waals surface area contributed by atoms with Crippen molar-refractivity contribution < 1.29 is 18.1 Å². The standard InChI is InChI=1S/C16H14N4O5S/c1-11-17-15(14-4-2-3-9-19(11)14)16(21)18-26(24,25)10-12-5-7-13(8-6-12)20(22)23/h2-9H,10H2,1H3,(H,18,21). The van der Waals surface area contributed by atoms with Crippen molar-refractivity contribution in [1.29, 1.82) is 0 Å². The van der Waals surface area contributed by atoms with Crippen LogP contribution in [0.2, 0.25) is 0 Å². The zero-order valence-electron chi connectivity index (χ0n) is 13.6. The predicted octanol–water partition coefficient (Wildman–Crippen LogP) is 1.81. The molecular formula is C16H14N4O5S. The first-order chi connectivity index (χ1) is 12.3. The molecule has 0 saturated heterocycles. The highest BCUT2D eigenvalue weighted by atomic mass is 32.2. The lowest BCUT2D eigenvalue weighted by molar-refractivity contribution is -0.384. The molecule has 0 unspecified atom stereocenters. The molecule has 9 nitrogen and oxygen atoms in total. The maximum absolute atomic E-state index is 12.4. The van der Waals surface area contributed by atoms with E-state index >= 15 is 0 Å². The lowest BCUT2D eigenvalue weighted by atomic mass is 10.2. The molecule has 0 radical (unpaired) electrons. The number of benzene rings is 1. The van der Waals surface area contributed by atoms with Gasteiger partial charge in [-0.25, -0.2) is 18.1 Å². The molecule has 1 N–H and O–H groups in total. The topological polar surface area (TPSA) is 124 Å². The van der Waals surface area contributed by atoms with E-state index in [9.17, 15) is 23.3 Å². The Morgan fingerprint density at radius 3 is 2.58 bits per heavy atom. The van der Waals surface area contributed by atoms with Crippen LogP contribution in [0.4, 0.5) is 5.69 Å². The van der Waals surface area contributed by atoms with Crippen LogP contribution in [0.15, 0.2) is 48.7 Å². The SMILES string of the molecule is Cc1nc(C(=O)NS(=O)(=O)Cc2ccc([N+](=O)[O-])cc2)c2ccccn12. The summed E-state index contributed by atoms with van der Waals surface area (Å²) in [6, 6.07) is 10.2. The van der Waals surface area contributed by atoms with Gasteiger partial charge >= 0.3 is 0 Å². The average Bonchev–Trinajstić information content (AvgIpc) is 2.92. The summed E-state index contributed by atoms with van der Waals surface area (Å²) >= 11 is 0. The minimum absolute atomic E-state index is 0.00961. The van der Waals surface area contributed by atoms with Crippen molar-refractivity contribution in [3.63, 3.8) is 0 Å². The number of nitrogens with zero attached hydrogens (tertiary/aromatic N) is 3. The molecule has 0 atom stereocenters. The van der Waals surface area contributed by atoms with E-state index in [1.165, 1.54) is 24.3 Å². The fourth-order valence-electron chi connectivity index (χ4n) is 2.52. The van der Waals surface area contributed by atoms with E-state index in [2.05, 4.69) is 4.98 Å². The summed E-state index contributed by atoms with van der Waals surface area (Å²) in [7, 11) is -3.99. The Hall–Kier alpha value is -3.27. The van der Waals surface area contributed by atoms with Gasteiger partial charge in [-0.3, -0.25) is 14.9 Å². The summed E-state index contributed by atoms with van der Waals surface area (Å²) in [5.74, 6) is -0.760. The second-order valence-electron chi connectivity index (χ2n) is 5.58. The lowest BCUT2D eigenvalue weighted by Gasteiger charge is -2.06. The summed E-state index contributed by atoms with van der Waals surface area (Å²) in [6.45, 7) is 1.70. The molecule has 3 rings (SSSR count). The maximum atomic E-state index is 12.4. The van der Waals surface area contributed by atoms with Gasteiger partial charge in [0.25, 0.3) is 11.6 Å². The number of nitro benzene ring substituents is 1. The Bertz CT molecular complexity index is 1100. The Kier molecular flexibility index (Phi) is 4.43. The highest BCUT2D eigenvalue weighted by molar-refractivity contribution is 7.89. The maximum Gasteiger partial charge on any atom is 0.285 e. The first-order valence-corrected chi connectivity index (χ1v) is 9.14. The van der Waals surface area contributed by atoms with Crippen molar-refractivity contribution >= 4 is 27.1 Å². The molecule has 0 fully saturated rings. The number of hydrogen-bond donors (Lipinski definition) is 1. The third-order valence-electron chi connectivity index (χ3n) is 3.69. The average molecular weight is 374 g/mol. The number of non-ortho nitro benzene ring substituents is 1. The van der Waals surface area contributed by atoms with Crippen LogP contribution in [-0.2, 0) is 15.8 Å². The molecule has 0 aliphatic heterocycles. The van der Waals surface area contributed by atoms with E-state index in [1.807, 2.05) is 4.72 Å². The Labute approximate surface area is 148 Å². The van der Waals surface area contributed by atoms with Gasteiger partial charge in [-0.05, 0) is 24.6 Å². The van der Waals surface area contributed by atoms with Gasteiger partial charge in [0.2, 0.25) is 10.0 Å². The molecular weight excluding hydrogens is 360 g/mol. The van der Waals surface area contributed by atoms with Crippen molar-refractivity contribution in [1.82, 2.24) is 14.1 Å². The molecule has 0 spiro atoms. The number of aryl methyl sites for hydroxylation is 1. The molecule has 26 heavy (non-hydrogen) atoms. The first kappa shape index (κ1) is 17.5. The van der Waals surface area contributed by atoms with Crippen molar-refractivity contribution in [2.24, 2.45) is 0 Å². The smallest absolute Gasteiger partial charge is 0.285 e. The van der Waals surface area contributed by atoms with Gasteiger partial charge < -0.3 is 4.40 Å². The first-order valence-electron chi connectivity index (χ1n) is 7.49. The number of imidazole rings is 1. The van der Waals surface area contributed by atoms with Crippen molar-refractivity contribution in [3.8, 4) is 0 Å². The number of nitro groups is 1. The van der Waals surface area contributed by atoms with Crippen molar-refractivity contribution in [2.75, 3.05) is 0 Å². The minimum Gasteiger partial charge on any atom is -0.303 e. The van der Waals surface area contributed by atoms with Crippen LogP contribution in [0.25, 0.3) is 5.52 Å². The number of rotatable bonds is 5. The van der Waals surface area contributed by atoms with E-state index in [-0.39, 0.29) is 11.4 Å². The van der Waals surface area contributed by atoms with Crippen LogP contribution in [0, 0.1) is 17.0 Å². The summed E-state index contributed by atoms with van der Waals surface area (Å²) in [5.41, 5.74) is 0.681. The van der Waals surface area contributed by atoms with Crippen LogP contribution < -0.4 is 4.72 Å². The number of aromatic nitrogens is 2. The number of carbonyl (C=O) groups is 1. The molecule has 0 saturated carbocycles. The highest BCUT2D eigenvalue weighted by Crippen LogP contribution is 2.15. The molecule has 3 aromatic rings. The third-order valence-corrected chi connectivity index (χ3v) is 4.90. The van der Waals surface area contributed by atoms with Gasteiger partial charge in [0, 0.05) is 18.3 Å². The van der Waals surface area contributed by atoms with Gasteiger partial charge in [-0.15, -0.1) is 0 Å². The Balaban J connectivity index is 1.80. The third kappa shape index (κ3) is 3.54. The summed E-state index contributed by atoms with van der Waals surface area (Å²) < 4.78 is 28.2. The molecule has 2 heterocycles. The van der Waals surface area contributed by atoms with Gasteiger partial charge in [0.05, 0.1) is 16.2 Å². The monoisotopic (exact) mass is 374 g/mol. The van der Waals surface area contributed by atoms with E-state index in [4.69, 9.17) is 0 Å². The molecule has 1 aromatic carbocycles. The predicted molar refractivity (Wildman–Crippen MR) is 93.1 cm³/mol. The van der Waals surface area contributed by atoms with Gasteiger partial charge in [-0.1, -0.05) is 18.2 Å². The van der Waals surface area contributed by atoms with Gasteiger partial charge in [0.15, 0.2) is 5.69 Å². The number of fused-ring (bicyclic) bond motifs is 1. The molecule has 0 aliphatic rings. The largest absolute Gasteiger partial charge is 0.303 e. The van der Waals surface area contributed by atoms with E-state index < -0.39 is 26.6 Å². The number of carbonyl (C=O) groups excluding carboxylic acids is 1. The number of sulfonamides is 1. The highest BCUT2D eigenvalue weighted by Gasteiger charge is 2.21. The second kappa shape index (κ2) is 6.56. The number of amides is 1. The van der Waals surface area contributed by atoms with Gasteiger partial charge in [0.1, 0.15) is 5.82 Å². The quantitative estimate of drug-likeness (QED) is 0.536. The van der Waals surface area contributed by atoms with Crippen LogP contribution in [0.5, 0.6) is 0 Å². The van der Waals surface area contributed by atoms with Gasteiger partial charge in [-0.2, -0.15) is 0 Å². The van der Waals surface area contributed by atoms with Crippen LogP contribution in [-0.4, -0.2) is 28.6 Å². The lowest BCUT2D eigenvalue weighted by Crippen LogP contribution is -2.32. The molecule has 1 amide bonds. The molecule has 0 bridgehead atoms. The molecule has 134 valence electrons.